The van der Waals surface area contributed by atoms with Gasteiger partial charge in [0.2, 0.25) is 0 Å². The smallest absolute Gasteiger partial charge is 0.254 e. The molecule has 21 heavy (non-hydrogen) atoms. The minimum atomic E-state index is -0.699. The van der Waals surface area contributed by atoms with Crippen LogP contribution in [0.5, 0.6) is 0 Å². The second kappa shape index (κ2) is 5.69. The first-order valence-corrected chi connectivity index (χ1v) is 7.22. The van der Waals surface area contributed by atoms with E-state index in [9.17, 15) is 9.90 Å². The van der Waals surface area contributed by atoms with Crippen molar-refractivity contribution >= 4 is 5.91 Å². The molecule has 110 valence electrons. The number of nitrogens with zero attached hydrogens (tertiary/aromatic N) is 2. The molecule has 0 atom stereocenters. The van der Waals surface area contributed by atoms with Crippen LogP contribution < -0.4 is 5.32 Å². The number of amides is 1. The fraction of sp³-hybridized carbons (Fsp3) is 0.375. The van der Waals surface area contributed by atoms with Crippen LogP contribution in [0.15, 0.2) is 42.7 Å². The predicted molar refractivity (Wildman–Crippen MR) is 78.9 cm³/mol. The van der Waals surface area contributed by atoms with Crippen molar-refractivity contribution in [2.75, 3.05) is 6.54 Å². The molecule has 2 aromatic rings. The van der Waals surface area contributed by atoms with Crippen molar-refractivity contribution < 1.29 is 9.90 Å². The Kier molecular flexibility index (Phi) is 3.75. The molecule has 1 aromatic carbocycles. The molecule has 1 aliphatic carbocycles. The van der Waals surface area contributed by atoms with E-state index in [0.717, 1.165) is 24.8 Å². The summed E-state index contributed by atoms with van der Waals surface area (Å²) in [7, 11) is 0. The number of benzene rings is 1. The van der Waals surface area contributed by atoms with Crippen LogP contribution in [-0.2, 0) is 6.54 Å². The van der Waals surface area contributed by atoms with Crippen molar-refractivity contribution in [1.29, 1.82) is 0 Å². The number of aliphatic hydroxyl groups is 1. The first kappa shape index (κ1) is 13.8. The maximum atomic E-state index is 12.0. The van der Waals surface area contributed by atoms with Crippen LogP contribution >= 0.6 is 0 Å². The monoisotopic (exact) mass is 285 g/mol. The van der Waals surface area contributed by atoms with Gasteiger partial charge in [0.15, 0.2) is 0 Å². The summed E-state index contributed by atoms with van der Waals surface area (Å²) in [5.41, 5.74) is 0.959. The van der Waals surface area contributed by atoms with Gasteiger partial charge in [-0.05, 0) is 24.8 Å². The van der Waals surface area contributed by atoms with Crippen molar-refractivity contribution in [3.05, 3.63) is 53.9 Å². The molecule has 0 spiro atoms. The van der Waals surface area contributed by atoms with E-state index in [0.29, 0.717) is 18.7 Å². The first-order valence-electron chi connectivity index (χ1n) is 7.22. The van der Waals surface area contributed by atoms with E-state index in [2.05, 4.69) is 10.4 Å². The lowest BCUT2D eigenvalue weighted by Gasteiger charge is -2.36. The Bertz CT molecular complexity index is 617. The van der Waals surface area contributed by atoms with Gasteiger partial charge in [-0.3, -0.25) is 9.48 Å². The Hall–Kier alpha value is -2.14. The minimum Gasteiger partial charge on any atom is -0.388 e. The maximum Gasteiger partial charge on any atom is 0.254 e. The van der Waals surface area contributed by atoms with Gasteiger partial charge >= 0.3 is 0 Å². The Morgan fingerprint density at radius 1 is 1.33 bits per heavy atom. The van der Waals surface area contributed by atoms with Crippen LogP contribution in [0, 0.1) is 0 Å². The van der Waals surface area contributed by atoms with E-state index < -0.39 is 5.60 Å². The molecular weight excluding hydrogens is 266 g/mol. The van der Waals surface area contributed by atoms with Gasteiger partial charge in [0.1, 0.15) is 0 Å². The highest BCUT2D eigenvalue weighted by atomic mass is 16.3. The van der Waals surface area contributed by atoms with Crippen molar-refractivity contribution in [3.8, 4) is 0 Å². The summed E-state index contributed by atoms with van der Waals surface area (Å²) in [6.07, 6.45) is 5.85. The topological polar surface area (TPSA) is 67.2 Å². The second-order valence-corrected chi connectivity index (χ2v) is 5.67. The van der Waals surface area contributed by atoms with Crippen molar-refractivity contribution in [2.45, 2.75) is 31.4 Å². The van der Waals surface area contributed by atoms with E-state index in [1.54, 1.807) is 17.1 Å². The quantitative estimate of drug-likeness (QED) is 0.876. The third-order valence-corrected chi connectivity index (χ3v) is 3.95. The minimum absolute atomic E-state index is 0.186. The lowest BCUT2D eigenvalue weighted by Crippen LogP contribution is -2.47. The van der Waals surface area contributed by atoms with E-state index in [1.165, 1.54) is 0 Å². The summed E-state index contributed by atoms with van der Waals surface area (Å²) in [6, 6.07) is 9.97. The number of carbonyl (C=O) groups is 1. The first-order chi connectivity index (χ1) is 10.1. The summed E-state index contributed by atoms with van der Waals surface area (Å²) in [5.74, 6) is -0.186. The molecule has 5 heteroatoms. The molecule has 1 heterocycles. The summed E-state index contributed by atoms with van der Waals surface area (Å²) in [6.45, 7) is 0.952. The second-order valence-electron chi connectivity index (χ2n) is 5.67. The van der Waals surface area contributed by atoms with E-state index in [1.807, 2.05) is 30.3 Å². The van der Waals surface area contributed by atoms with Gasteiger partial charge in [-0.25, -0.2) is 0 Å². The Labute approximate surface area is 123 Å². The molecule has 0 bridgehead atoms. The number of aromatic nitrogens is 2. The molecule has 2 N–H and O–H groups in total. The molecule has 3 rings (SSSR count). The van der Waals surface area contributed by atoms with Gasteiger partial charge in [-0.2, -0.15) is 5.10 Å². The Balaban J connectivity index is 1.58. The van der Waals surface area contributed by atoms with Gasteiger partial charge in [-0.1, -0.05) is 30.3 Å². The van der Waals surface area contributed by atoms with Gasteiger partial charge in [0.25, 0.3) is 5.91 Å². The van der Waals surface area contributed by atoms with Crippen LogP contribution in [-0.4, -0.2) is 32.9 Å². The molecule has 1 aliphatic rings. The molecule has 1 aromatic heterocycles. The largest absolute Gasteiger partial charge is 0.388 e. The number of rotatable bonds is 5. The van der Waals surface area contributed by atoms with Crippen LogP contribution in [0.1, 0.15) is 35.2 Å². The molecule has 5 nitrogen and oxygen atoms in total. The van der Waals surface area contributed by atoms with Crippen molar-refractivity contribution in [3.63, 3.8) is 0 Å². The van der Waals surface area contributed by atoms with E-state index in [-0.39, 0.29) is 5.91 Å². The Morgan fingerprint density at radius 3 is 2.76 bits per heavy atom. The fourth-order valence-corrected chi connectivity index (χ4v) is 2.45. The molecular formula is C16H19N3O2. The van der Waals surface area contributed by atoms with Gasteiger partial charge in [-0.15, -0.1) is 0 Å². The SMILES string of the molecule is O=C(NCC1(O)CCC1)c1cnn(Cc2ccccc2)c1. The molecule has 1 amide bonds. The van der Waals surface area contributed by atoms with Crippen LogP contribution in [0.4, 0.5) is 0 Å². The highest BCUT2D eigenvalue weighted by molar-refractivity contribution is 5.93. The predicted octanol–water partition coefficient (Wildman–Crippen LogP) is 1.58. The van der Waals surface area contributed by atoms with Crippen LogP contribution in [0.3, 0.4) is 0 Å². The Morgan fingerprint density at radius 2 is 2.10 bits per heavy atom. The fourth-order valence-electron chi connectivity index (χ4n) is 2.45. The molecule has 1 saturated carbocycles. The molecule has 1 fully saturated rings. The zero-order valence-electron chi connectivity index (χ0n) is 11.8. The third-order valence-electron chi connectivity index (χ3n) is 3.95. The molecule has 0 radical (unpaired) electrons. The average molecular weight is 285 g/mol. The van der Waals surface area contributed by atoms with Gasteiger partial charge in [0.05, 0.1) is 23.9 Å². The lowest BCUT2D eigenvalue weighted by atomic mass is 9.80. The average Bonchev–Trinajstić information content (AvgIpc) is 2.92. The van der Waals surface area contributed by atoms with Crippen LogP contribution in [0.25, 0.3) is 0 Å². The number of hydrogen-bond acceptors (Lipinski definition) is 3. The zero-order chi connectivity index (χ0) is 14.7. The van der Waals surface area contributed by atoms with Crippen molar-refractivity contribution in [1.82, 2.24) is 15.1 Å². The number of carbonyl (C=O) groups excluding carboxylic acids is 1. The summed E-state index contributed by atoms with van der Waals surface area (Å²) < 4.78 is 1.74. The van der Waals surface area contributed by atoms with Crippen LogP contribution in [0.2, 0.25) is 0 Å². The number of nitrogens with one attached hydrogen (secondary N) is 1. The third kappa shape index (κ3) is 3.31. The lowest BCUT2D eigenvalue weighted by molar-refractivity contribution is -0.0300. The van der Waals surface area contributed by atoms with Gasteiger partial charge in [0, 0.05) is 12.7 Å². The molecule has 0 saturated heterocycles. The summed E-state index contributed by atoms with van der Waals surface area (Å²) in [4.78, 5) is 12.0. The molecule has 0 aliphatic heterocycles. The highest BCUT2D eigenvalue weighted by Crippen LogP contribution is 2.30. The molecule has 0 unspecified atom stereocenters. The normalized spacial score (nSPS) is 16.2. The standard InChI is InChI=1S/C16H19N3O2/c20-15(17-12-16(21)7-4-8-16)14-9-18-19(11-14)10-13-5-2-1-3-6-13/h1-3,5-6,9,11,21H,4,7-8,10,12H2,(H,17,20). The highest BCUT2D eigenvalue weighted by Gasteiger charge is 2.34. The number of hydrogen-bond donors (Lipinski definition) is 2. The summed E-state index contributed by atoms with van der Waals surface area (Å²) in [5, 5.41) is 17.0. The maximum absolute atomic E-state index is 12.0. The van der Waals surface area contributed by atoms with E-state index in [4.69, 9.17) is 0 Å². The zero-order valence-corrected chi connectivity index (χ0v) is 11.8. The van der Waals surface area contributed by atoms with E-state index >= 15 is 0 Å². The van der Waals surface area contributed by atoms with Crippen molar-refractivity contribution in [2.24, 2.45) is 0 Å². The van der Waals surface area contributed by atoms with Gasteiger partial charge < -0.3 is 10.4 Å². The summed E-state index contributed by atoms with van der Waals surface area (Å²) >= 11 is 0.